The maximum Gasteiger partial charge on any atom is 0.316 e. The van der Waals surface area contributed by atoms with Gasteiger partial charge in [0.1, 0.15) is 6.10 Å². The lowest BCUT2D eigenvalue weighted by molar-refractivity contribution is 0.163. The minimum absolute atomic E-state index is 0.0435. The fourth-order valence-corrected chi connectivity index (χ4v) is 3.25. The predicted molar refractivity (Wildman–Crippen MR) is 95.2 cm³/mol. The number of rotatable bonds is 4. The van der Waals surface area contributed by atoms with Crippen LogP contribution in [-0.4, -0.2) is 45.8 Å². The molecule has 2 aromatic heterocycles. The molecule has 1 saturated heterocycles. The van der Waals surface area contributed by atoms with Gasteiger partial charge in [-0.2, -0.15) is 9.97 Å². The highest BCUT2D eigenvalue weighted by molar-refractivity contribution is 5.78. The molecular formula is C18H21N5O2. The average Bonchev–Trinajstić information content (AvgIpc) is 3.00. The van der Waals surface area contributed by atoms with Crippen LogP contribution in [0, 0.1) is 0 Å². The molecule has 7 heteroatoms. The maximum atomic E-state index is 5.96. The molecule has 25 heavy (non-hydrogen) atoms. The second kappa shape index (κ2) is 6.58. The predicted octanol–water partition coefficient (Wildman–Crippen LogP) is 2.42. The quantitative estimate of drug-likeness (QED) is 0.727. The zero-order valence-electron chi connectivity index (χ0n) is 14.4. The van der Waals surface area contributed by atoms with Gasteiger partial charge in [-0.3, -0.25) is 0 Å². The number of aromatic nitrogens is 4. The van der Waals surface area contributed by atoms with Crippen LogP contribution in [0.25, 0.3) is 11.0 Å². The number of piperidine rings is 1. The molecular weight excluding hydrogens is 318 g/mol. The van der Waals surface area contributed by atoms with Gasteiger partial charge in [-0.05, 0) is 25.0 Å². The highest BCUT2D eigenvalue weighted by Crippen LogP contribution is 2.25. The standard InChI is InChI=1S/C18H21N5O2/c1-22-16-8-4-3-7-15(16)21-18(22)23-9-5-6-13(12-23)25-17-19-10-14(24-2)11-20-17/h3-4,7-8,10-11,13H,5-6,9,12H2,1-2H3. The first-order chi connectivity index (χ1) is 12.2. The van der Waals surface area contributed by atoms with Crippen molar-refractivity contribution in [3.63, 3.8) is 0 Å². The van der Waals surface area contributed by atoms with Gasteiger partial charge < -0.3 is 18.9 Å². The fraction of sp³-hybridized carbons (Fsp3) is 0.389. The lowest BCUT2D eigenvalue weighted by Gasteiger charge is -2.32. The number of imidazole rings is 1. The van der Waals surface area contributed by atoms with Gasteiger partial charge in [-0.25, -0.2) is 4.98 Å². The summed E-state index contributed by atoms with van der Waals surface area (Å²) in [6.07, 6.45) is 5.31. The fourth-order valence-electron chi connectivity index (χ4n) is 3.25. The summed E-state index contributed by atoms with van der Waals surface area (Å²) in [6.45, 7) is 1.74. The summed E-state index contributed by atoms with van der Waals surface area (Å²) in [5.41, 5.74) is 2.15. The van der Waals surface area contributed by atoms with Crippen LogP contribution >= 0.6 is 0 Å². The van der Waals surface area contributed by atoms with Crippen molar-refractivity contribution >= 4 is 17.0 Å². The summed E-state index contributed by atoms with van der Waals surface area (Å²) in [6, 6.07) is 8.58. The smallest absolute Gasteiger partial charge is 0.316 e. The Bertz CT molecular complexity index is 862. The first-order valence-corrected chi connectivity index (χ1v) is 8.43. The van der Waals surface area contributed by atoms with Crippen molar-refractivity contribution in [3.8, 4) is 11.8 Å². The molecule has 7 nitrogen and oxygen atoms in total. The van der Waals surface area contributed by atoms with Crippen LogP contribution in [0.4, 0.5) is 5.95 Å². The molecule has 0 amide bonds. The molecule has 130 valence electrons. The molecule has 1 atom stereocenters. The van der Waals surface area contributed by atoms with Crippen LogP contribution < -0.4 is 14.4 Å². The van der Waals surface area contributed by atoms with E-state index >= 15 is 0 Å². The molecule has 0 saturated carbocycles. The summed E-state index contributed by atoms with van der Waals surface area (Å²) >= 11 is 0. The normalized spacial score (nSPS) is 17.7. The lowest BCUT2D eigenvalue weighted by Crippen LogP contribution is -2.42. The number of anilines is 1. The zero-order valence-corrected chi connectivity index (χ0v) is 14.4. The summed E-state index contributed by atoms with van der Waals surface area (Å²) in [5.74, 6) is 1.60. The van der Waals surface area contributed by atoms with Crippen molar-refractivity contribution in [2.75, 3.05) is 25.1 Å². The first kappa shape index (κ1) is 15.7. The van der Waals surface area contributed by atoms with Gasteiger partial charge in [0.2, 0.25) is 5.95 Å². The molecule has 1 fully saturated rings. The second-order valence-electron chi connectivity index (χ2n) is 6.19. The van der Waals surface area contributed by atoms with Crippen molar-refractivity contribution in [2.45, 2.75) is 18.9 Å². The molecule has 1 aromatic carbocycles. The number of ether oxygens (including phenoxy) is 2. The van der Waals surface area contributed by atoms with Crippen LogP contribution in [-0.2, 0) is 7.05 Å². The van der Waals surface area contributed by atoms with Crippen LogP contribution in [0.3, 0.4) is 0 Å². The van der Waals surface area contributed by atoms with Gasteiger partial charge in [-0.1, -0.05) is 12.1 Å². The third kappa shape index (κ3) is 3.09. The van der Waals surface area contributed by atoms with Crippen LogP contribution in [0.15, 0.2) is 36.7 Å². The van der Waals surface area contributed by atoms with Crippen LogP contribution in [0.5, 0.6) is 11.8 Å². The minimum atomic E-state index is 0.0435. The SMILES string of the molecule is COc1cnc(OC2CCCN(c3nc4ccccc4n3C)C2)nc1. The van der Waals surface area contributed by atoms with Gasteiger partial charge in [0, 0.05) is 13.6 Å². The number of aryl methyl sites for hydroxylation is 1. The summed E-state index contributed by atoms with van der Waals surface area (Å²) < 4.78 is 13.2. The Labute approximate surface area is 146 Å². The van der Waals surface area contributed by atoms with E-state index in [0.717, 1.165) is 42.9 Å². The van der Waals surface area contributed by atoms with E-state index < -0.39 is 0 Å². The Hall–Kier alpha value is -2.83. The van der Waals surface area contributed by atoms with Gasteiger partial charge in [-0.15, -0.1) is 0 Å². The number of fused-ring (bicyclic) bond motifs is 1. The number of benzene rings is 1. The molecule has 0 spiro atoms. The van der Waals surface area contributed by atoms with E-state index in [1.807, 2.05) is 18.2 Å². The molecule has 3 aromatic rings. The van der Waals surface area contributed by atoms with E-state index in [4.69, 9.17) is 14.5 Å². The van der Waals surface area contributed by atoms with Gasteiger partial charge in [0.25, 0.3) is 0 Å². The average molecular weight is 339 g/mol. The van der Waals surface area contributed by atoms with Crippen molar-refractivity contribution < 1.29 is 9.47 Å². The Balaban J connectivity index is 1.50. The number of hydrogen-bond donors (Lipinski definition) is 0. The van der Waals surface area contributed by atoms with E-state index in [2.05, 4.69) is 32.5 Å². The second-order valence-corrected chi connectivity index (χ2v) is 6.19. The highest BCUT2D eigenvalue weighted by atomic mass is 16.5. The summed E-state index contributed by atoms with van der Waals surface area (Å²) in [5, 5.41) is 0. The van der Waals surface area contributed by atoms with E-state index in [1.54, 1.807) is 19.5 Å². The Morgan fingerprint density at radius 1 is 1.16 bits per heavy atom. The van der Waals surface area contributed by atoms with Crippen molar-refractivity contribution in [3.05, 3.63) is 36.7 Å². The molecule has 0 N–H and O–H groups in total. The Morgan fingerprint density at radius 3 is 2.72 bits per heavy atom. The molecule has 0 radical (unpaired) electrons. The monoisotopic (exact) mass is 339 g/mol. The molecule has 1 aliphatic rings. The van der Waals surface area contributed by atoms with Crippen molar-refractivity contribution in [1.29, 1.82) is 0 Å². The molecule has 0 bridgehead atoms. The number of hydrogen-bond acceptors (Lipinski definition) is 6. The largest absolute Gasteiger partial charge is 0.494 e. The molecule has 4 rings (SSSR count). The highest BCUT2D eigenvalue weighted by Gasteiger charge is 2.25. The lowest BCUT2D eigenvalue weighted by atomic mass is 10.1. The topological polar surface area (TPSA) is 65.3 Å². The minimum Gasteiger partial charge on any atom is -0.494 e. The molecule has 1 aliphatic heterocycles. The number of nitrogens with zero attached hydrogens (tertiary/aromatic N) is 5. The number of para-hydroxylation sites is 2. The van der Waals surface area contributed by atoms with Crippen LogP contribution in [0.2, 0.25) is 0 Å². The van der Waals surface area contributed by atoms with E-state index in [0.29, 0.717) is 11.8 Å². The van der Waals surface area contributed by atoms with E-state index in [9.17, 15) is 0 Å². The van der Waals surface area contributed by atoms with E-state index in [1.165, 1.54) is 0 Å². The Kier molecular flexibility index (Phi) is 4.13. The third-order valence-electron chi connectivity index (χ3n) is 4.54. The molecule has 3 heterocycles. The van der Waals surface area contributed by atoms with Crippen molar-refractivity contribution in [1.82, 2.24) is 19.5 Å². The molecule has 1 unspecified atom stereocenters. The zero-order chi connectivity index (χ0) is 17.2. The first-order valence-electron chi connectivity index (χ1n) is 8.43. The summed E-state index contributed by atoms with van der Waals surface area (Å²) in [4.78, 5) is 15.5. The summed E-state index contributed by atoms with van der Waals surface area (Å²) in [7, 11) is 3.65. The number of methoxy groups -OCH3 is 1. The Morgan fingerprint density at radius 2 is 1.96 bits per heavy atom. The third-order valence-corrected chi connectivity index (χ3v) is 4.54. The molecule has 0 aliphatic carbocycles. The van der Waals surface area contributed by atoms with Crippen LogP contribution in [0.1, 0.15) is 12.8 Å². The van der Waals surface area contributed by atoms with Gasteiger partial charge in [0.15, 0.2) is 5.75 Å². The van der Waals surface area contributed by atoms with Gasteiger partial charge in [0.05, 0.1) is 37.1 Å². The van der Waals surface area contributed by atoms with E-state index in [-0.39, 0.29) is 6.10 Å². The van der Waals surface area contributed by atoms with Crippen molar-refractivity contribution in [2.24, 2.45) is 7.05 Å². The van der Waals surface area contributed by atoms with Gasteiger partial charge >= 0.3 is 6.01 Å². The maximum absolute atomic E-state index is 5.96.